The van der Waals surface area contributed by atoms with Gasteiger partial charge in [0.15, 0.2) is 5.16 Å². The molecule has 0 atom stereocenters. The van der Waals surface area contributed by atoms with Gasteiger partial charge in [0, 0.05) is 29.7 Å². The van der Waals surface area contributed by atoms with Gasteiger partial charge in [0.25, 0.3) is 11.2 Å². The lowest BCUT2D eigenvalue weighted by Crippen LogP contribution is -2.25. The van der Waals surface area contributed by atoms with Crippen molar-refractivity contribution in [2.75, 3.05) is 13.7 Å². The molecule has 1 aliphatic rings. The molecule has 3 heterocycles. The molecule has 10 nitrogen and oxygen atoms in total. The van der Waals surface area contributed by atoms with E-state index in [0.29, 0.717) is 35.5 Å². The Morgan fingerprint density at radius 3 is 2.79 bits per heavy atom. The number of fused-ring (bicyclic) bond motifs is 3. The quantitative estimate of drug-likeness (QED) is 0.151. The van der Waals surface area contributed by atoms with E-state index in [2.05, 4.69) is 10.2 Å². The van der Waals surface area contributed by atoms with Gasteiger partial charge in [-0.25, -0.2) is 4.98 Å². The van der Waals surface area contributed by atoms with E-state index in [4.69, 9.17) is 14.1 Å². The van der Waals surface area contributed by atoms with Crippen molar-refractivity contribution in [1.29, 1.82) is 0 Å². The van der Waals surface area contributed by atoms with Gasteiger partial charge in [-0.05, 0) is 43.4 Å². The third kappa shape index (κ3) is 4.36. The largest absolute Gasteiger partial charge is 0.420 e. The molecule has 3 aromatic heterocycles. The number of ether oxygens (including phenoxy) is 1. The number of nitro groups is 1. The van der Waals surface area contributed by atoms with Crippen LogP contribution in [0.15, 0.2) is 38.6 Å². The molecular formula is C22H21N5O5S2. The second-order valence-electron chi connectivity index (χ2n) is 7.83. The minimum Gasteiger partial charge on any atom is -0.420 e. The fraction of sp³-hybridized carbons (Fsp3) is 0.364. The Balaban J connectivity index is 1.41. The Kier molecular flexibility index (Phi) is 6.44. The first kappa shape index (κ1) is 22.7. The maximum Gasteiger partial charge on any atom is 0.269 e. The molecule has 34 heavy (non-hydrogen) atoms. The van der Waals surface area contributed by atoms with Crippen molar-refractivity contribution in [1.82, 2.24) is 19.7 Å². The highest BCUT2D eigenvalue weighted by atomic mass is 32.2. The number of aryl methyl sites for hydroxylation is 2. The molecule has 0 fully saturated rings. The zero-order valence-electron chi connectivity index (χ0n) is 18.4. The minimum absolute atomic E-state index is 0.00945. The normalized spacial score (nSPS) is 13.3. The molecule has 176 valence electrons. The van der Waals surface area contributed by atoms with Crippen molar-refractivity contribution < 1.29 is 14.1 Å². The molecule has 0 amide bonds. The number of thiophene rings is 1. The summed E-state index contributed by atoms with van der Waals surface area (Å²) in [6, 6.07) is 5.92. The van der Waals surface area contributed by atoms with E-state index in [1.165, 1.54) is 28.8 Å². The Morgan fingerprint density at radius 1 is 1.24 bits per heavy atom. The van der Waals surface area contributed by atoms with Gasteiger partial charge in [0.1, 0.15) is 4.83 Å². The summed E-state index contributed by atoms with van der Waals surface area (Å²) in [6.07, 6.45) is 4.18. The number of hydrogen-bond acceptors (Lipinski definition) is 10. The number of rotatable bonds is 8. The van der Waals surface area contributed by atoms with E-state index in [1.54, 1.807) is 35.1 Å². The number of hydrogen-bond donors (Lipinski definition) is 0. The predicted molar refractivity (Wildman–Crippen MR) is 128 cm³/mol. The molecule has 0 aliphatic heterocycles. The van der Waals surface area contributed by atoms with Gasteiger partial charge in [-0.2, -0.15) is 0 Å². The first-order valence-electron chi connectivity index (χ1n) is 10.8. The number of nitrogens with zero attached hydrogens (tertiary/aromatic N) is 5. The third-order valence-corrected chi connectivity index (χ3v) is 7.82. The zero-order chi connectivity index (χ0) is 23.7. The van der Waals surface area contributed by atoms with E-state index >= 15 is 0 Å². The molecule has 0 bridgehead atoms. The van der Waals surface area contributed by atoms with Gasteiger partial charge in [-0.1, -0.05) is 11.8 Å². The van der Waals surface area contributed by atoms with Crippen LogP contribution >= 0.6 is 23.1 Å². The molecule has 0 saturated heterocycles. The van der Waals surface area contributed by atoms with Gasteiger partial charge in [-0.15, -0.1) is 21.5 Å². The molecule has 4 aromatic rings. The lowest BCUT2D eigenvalue weighted by Gasteiger charge is -2.12. The van der Waals surface area contributed by atoms with Crippen LogP contribution in [0.4, 0.5) is 5.69 Å². The SMILES string of the molecule is COCCn1c(SCc2nnc(-c3ccc([N+](=O)[O-])cc3)o2)nc2sc3c(c2c1=O)CCCC3. The number of aromatic nitrogens is 4. The Labute approximate surface area is 202 Å². The Bertz CT molecular complexity index is 1410. The average molecular weight is 500 g/mol. The van der Waals surface area contributed by atoms with Crippen molar-refractivity contribution in [3.63, 3.8) is 0 Å². The second-order valence-corrected chi connectivity index (χ2v) is 9.85. The van der Waals surface area contributed by atoms with Gasteiger partial charge in [-0.3, -0.25) is 19.5 Å². The van der Waals surface area contributed by atoms with Crippen LogP contribution in [0, 0.1) is 10.1 Å². The highest BCUT2D eigenvalue weighted by Gasteiger charge is 2.22. The molecule has 1 aromatic carbocycles. The summed E-state index contributed by atoms with van der Waals surface area (Å²) in [7, 11) is 1.61. The first-order valence-corrected chi connectivity index (χ1v) is 12.6. The smallest absolute Gasteiger partial charge is 0.269 e. The minimum atomic E-state index is -0.462. The van der Waals surface area contributed by atoms with Crippen molar-refractivity contribution in [3.8, 4) is 11.5 Å². The van der Waals surface area contributed by atoms with Gasteiger partial charge in [0.2, 0.25) is 11.8 Å². The molecule has 12 heteroatoms. The summed E-state index contributed by atoms with van der Waals surface area (Å²) in [5.41, 5.74) is 1.72. The van der Waals surface area contributed by atoms with E-state index < -0.39 is 4.92 Å². The molecule has 0 radical (unpaired) electrons. The highest BCUT2D eigenvalue weighted by Crippen LogP contribution is 2.35. The Hall–Kier alpha value is -3.09. The first-order chi connectivity index (χ1) is 16.5. The molecule has 1 aliphatic carbocycles. The summed E-state index contributed by atoms with van der Waals surface area (Å²) >= 11 is 2.98. The predicted octanol–water partition coefficient (Wildman–Crippen LogP) is 4.23. The topological polar surface area (TPSA) is 126 Å². The van der Waals surface area contributed by atoms with Crippen molar-refractivity contribution in [2.45, 2.75) is 43.1 Å². The van der Waals surface area contributed by atoms with Crippen molar-refractivity contribution in [2.24, 2.45) is 0 Å². The fourth-order valence-corrected chi connectivity index (χ4v) is 6.16. The second kappa shape index (κ2) is 9.65. The van der Waals surface area contributed by atoms with Crippen LogP contribution in [0.3, 0.4) is 0 Å². The van der Waals surface area contributed by atoms with Crippen LogP contribution in [0.1, 0.15) is 29.2 Å². The fourth-order valence-electron chi connectivity index (χ4n) is 3.99. The lowest BCUT2D eigenvalue weighted by atomic mass is 9.97. The number of thioether (sulfide) groups is 1. The molecule has 0 N–H and O–H groups in total. The number of non-ortho nitro benzene ring substituents is 1. The van der Waals surface area contributed by atoms with Crippen LogP contribution in [-0.2, 0) is 29.9 Å². The summed E-state index contributed by atoms with van der Waals surface area (Å²) in [5, 5.41) is 20.3. The van der Waals surface area contributed by atoms with E-state index in [-0.39, 0.29) is 17.1 Å². The monoisotopic (exact) mass is 499 g/mol. The van der Waals surface area contributed by atoms with Crippen LogP contribution in [0.2, 0.25) is 0 Å². The summed E-state index contributed by atoms with van der Waals surface area (Å²) in [4.78, 5) is 30.7. The van der Waals surface area contributed by atoms with Crippen molar-refractivity contribution in [3.05, 3.63) is 61.1 Å². The number of benzene rings is 1. The van der Waals surface area contributed by atoms with Crippen LogP contribution in [0.5, 0.6) is 0 Å². The summed E-state index contributed by atoms with van der Waals surface area (Å²) in [6.45, 7) is 0.806. The van der Waals surface area contributed by atoms with Gasteiger partial charge < -0.3 is 9.15 Å². The van der Waals surface area contributed by atoms with Crippen LogP contribution in [-0.4, -0.2) is 38.4 Å². The molecule has 0 spiro atoms. The summed E-state index contributed by atoms with van der Waals surface area (Å²) in [5.74, 6) is 0.976. The van der Waals surface area contributed by atoms with Gasteiger partial charge >= 0.3 is 0 Å². The molecule has 0 unspecified atom stereocenters. The maximum absolute atomic E-state index is 13.4. The van der Waals surface area contributed by atoms with E-state index in [1.807, 2.05) is 0 Å². The average Bonchev–Trinajstić information content (AvgIpc) is 3.47. The van der Waals surface area contributed by atoms with Gasteiger partial charge in [0.05, 0.1) is 29.2 Å². The zero-order valence-corrected chi connectivity index (χ0v) is 20.0. The lowest BCUT2D eigenvalue weighted by molar-refractivity contribution is -0.384. The molecule has 5 rings (SSSR count). The highest BCUT2D eigenvalue weighted by molar-refractivity contribution is 7.98. The third-order valence-electron chi connectivity index (χ3n) is 5.68. The standard InChI is InChI=1S/C22H21N5O5S2/c1-31-11-10-26-21(28)18-15-4-2-3-5-16(15)34-20(18)23-22(26)33-12-17-24-25-19(32-17)13-6-8-14(9-7-13)27(29)30/h6-9H,2-5,10-12H2,1H3. The maximum atomic E-state index is 13.4. The van der Waals surface area contributed by atoms with E-state index in [0.717, 1.165) is 41.5 Å². The Morgan fingerprint density at radius 2 is 2.03 bits per heavy atom. The van der Waals surface area contributed by atoms with Crippen LogP contribution in [0.25, 0.3) is 21.7 Å². The van der Waals surface area contributed by atoms with Crippen LogP contribution < -0.4 is 5.56 Å². The van der Waals surface area contributed by atoms with Crippen molar-refractivity contribution >= 4 is 39.0 Å². The molecular weight excluding hydrogens is 478 g/mol. The van der Waals surface area contributed by atoms with E-state index in [9.17, 15) is 14.9 Å². The number of nitro benzene ring substituents is 1. The summed E-state index contributed by atoms with van der Waals surface area (Å²) < 4.78 is 12.6. The number of methoxy groups -OCH3 is 1. The molecule has 0 saturated carbocycles.